The predicted octanol–water partition coefficient (Wildman–Crippen LogP) is 1.34. The molecule has 3 N–H and O–H groups in total. The molecule has 2 atom stereocenters. The summed E-state index contributed by atoms with van der Waals surface area (Å²) in [7, 11) is 0. The number of rotatable bonds is 2. The molecule has 0 unspecified atom stereocenters. The first-order valence-electron chi connectivity index (χ1n) is 5.82. The molecule has 0 radical (unpaired) electrons. The lowest BCUT2D eigenvalue weighted by atomic mass is 9.89. The molecule has 108 valence electrons. The van der Waals surface area contributed by atoms with Gasteiger partial charge in [-0.15, -0.1) is 0 Å². The number of β-amino-alcohol motifs (C(OH)–C–C–N with tert-alkyl or cyclic N) is 1. The van der Waals surface area contributed by atoms with Gasteiger partial charge in [0.25, 0.3) is 0 Å². The Kier molecular flexibility index (Phi) is 4.10. The summed E-state index contributed by atoms with van der Waals surface area (Å²) in [5, 5.41) is 19.3. The molecule has 1 fully saturated rings. The van der Waals surface area contributed by atoms with Gasteiger partial charge in [-0.1, -0.05) is 17.7 Å². The van der Waals surface area contributed by atoms with Crippen LogP contribution in [0.5, 0.6) is 0 Å². The van der Waals surface area contributed by atoms with Gasteiger partial charge in [0.2, 0.25) is 5.91 Å². The molecule has 1 aliphatic rings. The topological polar surface area (TPSA) is 89.9 Å². The Morgan fingerprint density at radius 2 is 2.20 bits per heavy atom. The summed E-state index contributed by atoms with van der Waals surface area (Å²) in [6.45, 7) is -0.138. The summed E-state index contributed by atoms with van der Waals surface area (Å²) in [5.74, 6) is -1.90. The first-order valence-corrected chi connectivity index (χ1v) is 6.20. The maximum atomic E-state index is 13.0. The van der Waals surface area contributed by atoms with E-state index in [4.69, 9.17) is 16.7 Å². The molecule has 1 heterocycles. The number of hydrogen-bond acceptors (Lipinski definition) is 3. The lowest BCUT2D eigenvalue weighted by molar-refractivity contribution is -0.142. The van der Waals surface area contributed by atoms with Crippen LogP contribution in [0.1, 0.15) is 17.9 Å². The van der Waals surface area contributed by atoms with Crippen LogP contribution in [0.4, 0.5) is 9.18 Å². The average Bonchev–Trinajstić information content (AvgIpc) is 2.33. The van der Waals surface area contributed by atoms with E-state index in [1.54, 1.807) is 0 Å². The lowest BCUT2D eigenvalue weighted by Gasteiger charge is -2.34. The molecule has 1 aliphatic heterocycles. The Bertz CT molecular complexity index is 554. The van der Waals surface area contributed by atoms with E-state index in [1.165, 1.54) is 6.07 Å². The fraction of sp³-hybridized carbons (Fsp3) is 0.333. The Balaban J connectivity index is 2.29. The zero-order valence-corrected chi connectivity index (χ0v) is 11.0. The van der Waals surface area contributed by atoms with Crippen molar-refractivity contribution in [3.8, 4) is 0 Å². The van der Waals surface area contributed by atoms with Crippen molar-refractivity contribution in [2.24, 2.45) is 0 Å². The van der Waals surface area contributed by atoms with Gasteiger partial charge in [0.05, 0.1) is 18.6 Å². The highest BCUT2D eigenvalue weighted by atomic mass is 35.5. The zero-order valence-electron chi connectivity index (χ0n) is 10.2. The monoisotopic (exact) mass is 302 g/mol. The Labute approximate surface area is 118 Å². The van der Waals surface area contributed by atoms with Crippen LogP contribution in [0.15, 0.2) is 18.2 Å². The lowest BCUT2D eigenvalue weighted by Crippen LogP contribution is -2.54. The third kappa shape index (κ3) is 3.00. The molecule has 0 spiro atoms. The second kappa shape index (κ2) is 5.64. The largest absolute Gasteiger partial charge is 0.464 e. The van der Waals surface area contributed by atoms with Gasteiger partial charge >= 0.3 is 6.09 Å². The van der Waals surface area contributed by atoms with Crippen LogP contribution in [-0.2, 0) is 4.79 Å². The molecular weight excluding hydrogens is 291 g/mol. The van der Waals surface area contributed by atoms with E-state index in [9.17, 15) is 19.1 Å². The fourth-order valence-electron chi connectivity index (χ4n) is 2.20. The number of hydrazine groups is 1. The van der Waals surface area contributed by atoms with Crippen molar-refractivity contribution in [1.29, 1.82) is 0 Å². The van der Waals surface area contributed by atoms with Gasteiger partial charge in [-0.3, -0.25) is 4.79 Å². The predicted molar refractivity (Wildman–Crippen MR) is 67.6 cm³/mol. The molecule has 0 aliphatic carbocycles. The van der Waals surface area contributed by atoms with Gasteiger partial charge in [-0.2, -0.15) is 0 Å². The van der Waals surface area contributed by atoms with Crippen LogP contribution in [0.2, 0.25) is 5.02 Å². The van der Waals surface area contributed by atoms with Gasteiger partial charge < -0.3 is 10.2 Å². The number of aliphatic hydroxyl groups excluding tert-OH is 1. The molecule has 2 rings (SSSR count). The molecule has 8 heteroatoms. The van der Waals surface area contributed by atoms with Gasteiger partial charge in [0, 0.05) is 5.02 Å². The van der Waals surface area contributed by atoms with Crippen LogP contribution < -0.4 is 5.43 Å². The Morgan fingerprint density at radius 1 is 1.50 bits per heavy atom. The molecule has 0 aromatic heterocycles. The number of nitrogens with one attached hydrogen (secondary N) is 1. The number of carboxylic acid groups (broad SMARTS) is 1. The summed E-state index contributed by atoms with van der Waals surface area (Å²) >= 11 is 5.90. The molecule has 1 aromatic carbocycles. The Hall–Kier alpha value is -1.86. The third-order valence-corrected chi connectivity index (χ3v) is 3.36. The van der Waals surface area contributed by atoms with E-state index in [2.05, 4.69) is 0 Å². The molecule has 0 saturated carbocycles. The van der Waals surface area contributed by atoms with Crippen molar-refractivity contribution in [2.75, 3.05) is 6.54 Å². The van der Waals surface area contributed by atoms with E-state index in [-0.39, 0.29) is 18.0 Å². The maximum absolute atomic E-state index is 13.0. The first-order chi connectivity index (χ1) is 9.38. The summed E-state index contributed by atoms with van der Waals surface area (Å²) < 4.78 is 13.0. The van der Waals surface area contributed by atoms with E-state index in [0.717, 1.165) is 17.1 Å². The number of piperidine rings is 1. The minimum Gasteiger partial charge on any atom is -0.464 e. The molecule has 20 heavy (non-hydrogen) atoms. The highest BCUT2D eigenvalue weighted by Crippen LogP contribution is 2.32. The second-order valence-corrected chi connectivity index (χ2v) is 4.88. The number of nitrogens with zero attached hydrogens (tertiary/aromatic N) is 1. The number of carbonyl (C=O) groups excluding carboxylic acids is 1. The van der Waals surface area contributed by atoms with Crippen LogP contribution in [-0.4, -0.2) is 39.9 Å². The van der Waals surface area contributed by atoms with Gasteiger partial charge in [0.15, 0.2) is 0 Å². The number of hydrogen-bond donors (Lipinski definition) is 3. The van der Waals surface area contributed by atoms with Gasteiger partial charge in [-0.25, -0.2) is 19.6 Å². The van der Waals surface area contributed by atoms with E-state index in [0.29, 0.717) is 5.56 Å². The third-order valence-electron chi connectivity index (χ3n) is 3.03. The van der Waals surface area contributed by atoms with E-state index in [1.807, 2.05) is 5.43 Å². The fourth-order valence-corrected chi connectivity index (χ4v) is 2.50. The quantitative estimate of drug-likeness (QED) is 0.769. The SMILES string of the molecule is O=C(O)NN1C[C@H](O)C[C@H](c2ccc(F)cc2Cl)C1=O. The van der Waals surface area contributed by atoms with Crippen molar-refractivity contribution in [1.82, 2.24) is 10.4 Å². The highest BCUT2D eigenvalue weighted by Gasteiger charge is 2.36. The molecular formula is C12H12ClFN2O4. The van der Waals surface area contributed by atoms with E-state index < -0.39 is 29.8 Å². The average molecular weight is 303 g/mol. The normalized spacial score (nSPS) is 22.8. The van der Waals surface area contributed by atoms with Crippen LogP contribution in [0.3, 0.4) is 0 Å². The van der Waals surface area contributed by atoms with Crippen LogP contribution in [0, 0.1) is 5.82 Å². The number of halogens is 2. The summed E-state index contributed by atoms with van der Waals surface area (Å²) in [6.07, 6.45) is -2.20. The van der Waals surface area contributed by atoms with Gasteiger partial charge in [-0.05, 0) is 24.1 Å². The smallest absolute Gasteiger partial charge is 0.423 e. The number of benzene rings is 1. The summed E-state index contributed by atoms with van der Waals surface area (Å²) in [5.41, 5.74) is 2.27. The van der Waals surface area contributed by atoms with Crippen molar-refractivity contribution in [3.05, 3.63) is 34.6 Å². The van der Waals surface area contributed by atoms with Crippen molar-refractivity contribution < 1.29 is 24.2 Å². The second-order valence-electron chi connectivity index (χ2n) is 4.47. The zero-order chi connectivity index (χ0) is 14.9. The van der Waals surface area contributed by atoms with E-state index >= 15 is 0 Å². The highest BCUT2D eigenvalue weighted by molar-refractivity contribution is 6.31. The Morgan fingerprint density at radius 3 is 2.80 bits per heavy atom. The molecule has 1 aromatic rings. The van der Waals surface area contributed by atoms with Crippen molar-refractivity contribution >= 4 is 23.6 Å². The molecule has 2 amide bonds. The minimum absolute atomic E-state index is 0.0627. The summed E-state index contributed by atoms with van der Waals surface area (Å²) in [4.78, 5) is 22.8. The van der Waals surface area contributed by atoms with Crippen molar-refractivity contribution in [2.45, 2.75) is 18.4 Å². The number of aliphatic hydroxyl groups is 1. The minimum atomic E-state index is -1.41. The van der Waals surface area contributed by atoms with Crippen LogP contribution >= 0.6 is 11.6 Å². The molecule has 1 saturated heterocycles. The van der Waals surface area contributed by atoms with Gasteiger partial charge in [0.1, 0.15) is 5.82 Å². The maximum Gasteiger partial charge on any atom is 0.423 e. The molecule has 0 bridgehead atoms. The first kappa shape index (κ1) is 14.5. The number of amides is 2. The van der Waals surface area contributed by atoms with Crippen LogP contribution in [0.25, 0.3) is 0 Å². The number of carbonyl (C=O) groups is 2. The van der Waals surface area contributed by atoms with Crippen molar-refractivity contribution in [3.63, 3.8) is 0 Å². The standard InChI is InChI=1S/C12H12ClFN2O4/c13-10-3-6(14)1-2-8(10)9-4-7(17)5-16(11(9)18)15-12(19)20/h1-3,7,9,15,17H,4-5H2,(H,19,20)/t7-,9-/m1/s1. The summed E-state index contributed by atoms with van der Waals surface area (Å²) in [6, 6.07) is 3.59. The molecule has 6 nitrogen and oxygen atoms in total.